The molecule has 0 aliphatic carbocycles. The third-order valence-electron chi connectivity index (χ3n) is 3.24. The van der Waals surface area contributed by atoms with Crippen LogP contribution in [0.3, 0.4) is 0 Å². The van der Waals surface area contributed by atoms with Crippen molar-refractivity contribution in [2.45, 2.75) is 13.0 Å². The van der Waals surface area contributed by atoms with E-state index in [2.05, 4.69) is 74.6 Å². The maximum atomic E-state index is 3.95. The Morgan fingerprint density at radius 2 is 1.86 bits per heavy atom. The van der Waals surface area contributed by atoms with E-state index in [1.165, 1.54) is 9.13 Å². The minimum absolute atomic E-state index is 0.194. The number of nitrogens with zero attached hydrogens (tertiary/aromatic N) is 4. The lowest BCUT2D eigenvalue weighted by molar-refractivity contribution is 0.785. The van der Waals surface area contributed by atoms with Crippen molar-refractivity contribution in [3.63, 3.8) is 0 Å². The topological polar surface area (TPSA) is 55.6 Å². The Hall–Kier alpha value is -1.96. The summed E-state index contributed by atoms with van der Waals surface area (Å²) < 4.78 is 2.89. The molecular weight excluding hydrogens is 377 g/mol. The first-order valence-electron chi connectivity index (χ1n) is 6.58. The number of benzene rings is 2. The molecular formula is C15H14IN5. The van der Waals surface area contributed by atoms with Gasteiger partial charge in [-0.3, -0.25) is 0 Å². The van der Waals surface area contributed by atoms with Gasteiger partial charge in [0.2, 0.25) is 0 Å². The third-order valence-corrected chi connectivity index (χ3v) is 3.96. The number of halogens is 1. The molecule has 1 N–H and O–H groups in total. The van der Waals surface area contributed by atoms with Gasteiger partial charge >= 0.3 is 0 Å². The Labute approximate surface area is 136 Å². The summed E-state index contributed by atoms with van der Waals surface area (Å²) in [6, 6.07) is 16.7. The quantitative estimate of drug-likeness (QED) is 0.693. The van der Waals surface area contributed by atoms with Gasteiger partial charge in [-0.2, -0.15) is 4.68 Å². The number of para-hydroxylation sites is 2. The Kier molecular flexibility index (Phi) is 4.14. The van der Waals surface area contributed by atoms with Gasteiger partial charge in [0.25, 0.3) is 0 Å². The molecule has 5 nitrogen and oxygen atoms in total. The molecule has 2 aromatic carbocycles. The zero-order valence-electron chi connectivity index (χ0n) is 11.4. The fourth-order valence-electron chi connectivity index (χ4n) is 2.14. The van der Waals surface area contributed by atoms with Crippen LogP contribution in [0.25, 0.3) is 5.69 Å². The van der Waals surface area contributed by atoms with Crippen LogP contribution in [-0.4, -0.2) is 20.2 Å². The van der Waals surface area contributed by atoms with E-state index >= 15 is 0 Å². The SMILES string of the molecule is CC(Nc1ccccc1-n1cnnn1)c1ccc(I)cc1. The predicted octanol–water partition coefficient (Wildman–Crippen LogP) is 3.44. The lowest BCUT2D eigenvalue weighted by atomic mass is 10.1. The molecule has 3 aromatic rings. The average molecular weight is 391 g/mol. The van der Waals surface area contributed by atoms with Crippen LogP contribution in [0.4, 0.5) is 5.69 Å². The third kappa shape index (κ3) is 3.21. The van der Waals surface area contributed by atoms with Crippen molar-refractivity contribution in [3.8, 4) is 5.69 Å². The number of aromatic nitrogens is 4. The number of nitrogens with one attached hydrogen (secondary N) is 1. The predicted molar refractivity (Wildman–Crippen MR) is 90.4 cm³/mol. The summed E-state index contributed by atoms with van der Waals surface area (Å²) in [5, 5.41) is 14.8. The number of hydrogen-bond donors (Lipinski definition) is 1. The Balaban J connectivity index is 1.86. The Bertz CT molecular complexity index is 709. The highest BCUT2D eigenvalue weighted by Gasteiger charge is 2.10. The molecule has 0 spiro atoms. The van der Waals surface area contributed by atoms with Crippen molar-refractivity contribution in [3.05, 3.63) is 64.0 Å². The van der Waals surface area contributed by atoms with E-state index < -0.39 is 0 Å². The molecule has 0 saturated carbocycles. The fraction of sp³-hybridized carbons (Fsp3) is 0.133. The summed E-state index contributed by atoms with van der Waals surface area (Å²) in [6.45, 7) is 2.14. The first kappa shape index (κ1) is 14.0. The van der Waals surface area contributed by atoms with E-state index in [0.717, 1.165) is 11.4 Å². The van der Waals surface area contributed by atoms with Gasteiger partial charge < -0.3 is 5.32 Å². The van der Waals surface area contributed by atoms with Gasteiger partial charge in [0.1, 0.15) is 6.33 Å². The fourth-order valence-corrected chi connectivity index (χ4v) is 2.49. The van der Waals surface area contributed by atoms with Gasteiger partial charge in [-0.05, 0) is 69.8 Å². The molecule has 1 atom stereocenters. The number of hydrogen-bond acceptors (Lipinski definition) is 4. The summed E-state index contributed by atoms with van der Waals surface area (Å²) in [7, 11) is 0. The Morgan fingerprint density at radius 1 is 1.10 bits per heavy atom. The molecule has 6 heteroatoms. The van der Waals surface area contributed by atoms with E-state index in [1.54, 1.807) is 11.0 Å². The summed E-state index contributed by atoms with van der Waals surface area (Å²) in [4.78, 5) is 0. The Morgan fingerprint density at radius 3 is 2.57 bits per heavy atom. The van der Waals surface area contributed by atoms with Crippen LogP contribution >= 0.6 is 22.6 Å². The molecule has 106 valence electrons. The van der Waals surface area contributed by atoms with Gasteiger partial charge in [-0.15, -0.1) is 5.10 Å². The van der Waals surface area contributed by atoms with Crippen molar-refractivity contribution in [1.29, 1.82) is 0 Å². The lowest BCUT2D eigenvalue weighted by Gasteiger charge is -2.18. The van der Waals surface area contributed by atoms with E-state index in [0.29, 0.717) is 0 Å². The zero-order chi connectivity index (χ0) is 14.7. The largest absolute Gasteiger partial charge is 0.377 e. The molecule has 0 radical (unpaired) electrons. The highest BCUT2D eigenvalue weighted by Crippen LogP contribution is 2.24. The van der Waals surface area contributed by atoms with E-state index in [1.807, 2.05) is 24.3 Å². The molecule has 0 saturated heterocycles. The van der Waals surface area contributed by atoms with Crippen LogP contribution in [0.2, 0.25) is 0 Å². The second-order valence-electron chi connectivity index (χ2n) is 4.69. The van der Waals surface area contributed by atoms with Gasteiger partial charge in [-0.25, -0.2) is 0 Å². The maximum Gasteiger partial charge on any atom is 0.143 e. The highest BCUT2D eigenvalue weighted by atomic mass is 127. The van der Waals surface area contributed by atoms with Crippen LogP contribution in [0.1, 0.15) is 18.5 Å². The van der Waals surface area contributed by atoms with Crippen LogP contribution in [0, 0.1) is 3.57 Å². The monoisotopic (exact) mass is 391 g/mol. The zero-order valence-corrected chi connectivity index (χ0v) is 13.6. The van der Waals surface area contributed by atoms with Gasteiger partial charge in [0.15, 0.2) is 0 Å². The molecule has 1 aromatic heterocycles. The van der Waals surface area contributed by atoms with Crippen molar-refractivity contribution in [2.24, 2.45) is 0 Å². The van der Waals surface area contributed by atoms with E-state index in [9.17, 15) is 0 Å². The minimum Gasteiger partial charge on any atom is -0.377 e. The van der Waals surface area contributed by atoms with Crippen molar-refractivity contribution in [1.82, 2.24) is 20.2 Å². The molecule has 1 heterocycles. The molecule has 0 aliphatic rings. The first-order chi connectivity index (χ1) is 10.2. The summed E-state index contributed by atoms with van der Waals surface area (Å²) in [6.07, 6.45) is 1.59. The van der Waals surface area contributed by atoms with Crippen LogP contribution in [-0.2, 0) is 0 Å². The summed E-state index contributed by atoms with van der Waals surface area (Å²) >= 11 is 2.31. The minimum atomic E-state index is 0.194. The van der Waals surface area contributed by atoms with Crippen molar-refractivity contribution < 1.29 is 0 Å². The first-order valence-corrected chi connectivity index (χ1v) is 7.66. The standard InChI is InChI=1S/C15H14IN5/c1-11(12-6-8-13(16)9-7-12)18-14-4-2-3-5-15(14)21-10-17-19-20-21/h2-11,18H,1H3. The second-order valence-corrected chi connectivity index (χ2v) is 5.93. The summed E-state index contributed by atoms with van der Waals surface area (Å²) in [5.74, 6) is 0. The van der Waals surface area contributed by atoms with Crippen LogP contribution in [0.15, 0.2) is 54.9 Å². The molecule has 0 amide bonds. The number of rotatable bonds is 4. The smallest absolute Gasteiger partial charge is 0.143 e. The highest BCUT2D eigenvalue weighted by molar-refractivity contribution is 14.1. The van der Waals surface area contributed by atoms with Crippen molar-refractivity contribution in [2.75, 3.05) is 5.32 Å². The molecule has 0 fully saturated rings. The van der Waals surface area contributed by atoms with E-state index in [4.69, 9.17) is 0 Å². The van der Waals surface area contributed by atoms with Gasteiger partial charge in [0.05, 0.1) is 11.4 Å². The van der Waals surface area contributed by atoms with Crippen LogP contribution in [0.5, 0.6) is 0 Å². The van der Waals surface area contributed by atoms with Crippen LogP contribution < -0.4 is 5.32 Å². The molecule has 21 heavy (non-hydrogen) atoms. The molecule has 0 bridgehead atoms. The van der Waals surface area contributed by atoms with E-state index in [-0.39, 0.29) is 6.04 Å². The maximum absolute atomic E-state index is 3.95. The lowest BCUT2D eigenvalue weighted by Crippen LogP contribution is -2.09. The normalized spacial score (nSPS) is 12.1. The second kappa shape index (κ2) is 6.21. The van der Waals surface area contributed by atoms with Crippen molar-refractivity contribution >= 4 is 28.3 Å². The molecule has 3 rings (SSSR count). The van der Waals surface area contributed by atoms with Gasteiger partial charge in [-0.1, -0.05) is 24.3 Å². The molecule has 1 unspecified atom stereocenters. The molecule has 0 aliphatic heterocycles. The average Bonchev–Trinajstić information content (AvgIpc) is 3.02. The number of anilines is 1. The summed E-state index contributed by atoms with van der Waals surface area (Å²) in [5.41, 5.74) is 3.16. The van der Waals surface area contributed by atoms with Gasteiger partial charge in [0, 0.05) is 9.61 Å². The number of tetrazole rings is 1.